The number of fused-ring (bicyclic) bond motifs is 4. The zero-order chi connectivity index (χ0) is 17.7. The third-order valence-corrected chi connectivity index (χ3v) is 5.01. The Morgan fingerprint density at radius 3 is 2.92 bits per heavy atom. The molecule has 0 unspecified atom stereocenters. The highest BCUT2D eigenvalue weighted by molar-refractivity contribution is 5.87. The van der Waals surface area contributed by atoms with Crippen molar-refractivity contribution in [2.75, 3.05) is 7.11 Å². The average Bonchev–Trinajstić information content (AvgIpc) is 3.30. The van der Waals surface area contributed by atoms with Gasteiger partial charge in [-0.25, -0.2) is 4.63 Å². The normalized spacial score (nSPS) is 19.6. The van der Waals surface area contributed by atoms with Gasteiger partial charge < -0.3 is 9.72 Å². The molecule has 2 atom stereocenters. The van der Waals surface area contributed by atoms with Crippen LogP contribution in [0.2, 0.25) is 0 Å². The molecule has 0 saturated heterocycles. The van der Waals surface area contributed by atoms with Crippen LogP contribution in [0.3, 0.4) is 0 Å². The minimum absolute atomic E-state index is 0.184. The molecule has 7 heteroatoms. The van der Waals surface area contributed by atoms with E-state index in [1.807, 2.05) is 36.4 Å². The second kappa shape index (κ2) is 5.67. The minimum atomic E-state index is -0.414. The van der Waals surface area contributed by atoms with Crippen molar-refractivity contribution in [3.05, 3.63) is 59.3 Å². The number of aromatic amines is 1. The Balaban J connectivity index is 1.69. The lowest BCUT2D eigenvalue weighted by atomic mass is 9.90. The smallest absolute Gasteiger partial charge is 0.323 e. The summed E-state index contributed by atoms with van der Waals surface area (Å²) in [5.74, 6) is -0.268. The summed E-state index contributed by atoms with van der Waals surface area (Å²) in [7, 11) is 1.41. The van der Waals surface area contributed by atoms with Crippen LogP contribution in [0.1, 0.15) is 22.9 Å². The standard InChI is InChI=1S/C19H16N4O3/c1-25-19(24)16-9-12-11-4-2-3-5-13(11)20-18(12)17(21-16)10-6-7-14-15(8-10)23-26-22-14/h2-8,16-17,20-21H,9H2,1H3/t16-,17-/m1/s1. The van der Waals surface area contributed by atoms with Crippen LogP contribution in [0.4, 0.5) is 0 Å². The van der Waals surface area contributed by atoms with Crippen molar-refractivity contribution in [2.45, 2.75) is 18.5 Å². The Morgan fingerprint density at radius 2 is 2.04 bits per heavy atom. The lowest BCUT2D eigenvalue weighted by Crippen LogP contribution is -2.45. The fourth-order valence-electron chi connectivity index (χ4n) is 3.77. The molecule has 7 nitrogen and oxygen atoms in total. The zero-order valence-corrected chi connectivity index (χ0v) is 14.0. The van der Waals surface area contributed by atoms with Gasteiger partial charge in [0.2, 0.25) is 0 Å². The Bertz CT molecular complexity index is 1130. The molecular formula is C19H16N4O3. The van der Waals surface area contributed by atoms with Gasteiger partial charge in [-0.3, -0.25) is 10.1 Å². The van der Waals surface area contributed by atoms with E-state index in [-0.39, 0.29) is 12.0 Å². The van der Waals surface area contributed by atoms with Crippen LogP contribution in [0, 0.1) is 0 Å². The minimum Gasteiger partial charge on any atom is -0.468 e. The number of hydrogen-bond acceptors (Lipinski definition) is 6. The third-order valence-electron chi connectivity index (χ3n) is 5.01. The molecule has 1 aliphatic heterocycles. The highest BCUT2D eigenvalue weighted by atomic mass is 16.6. The van der Waals surface area contributed by atoms with Gasteiger partial charge in [0.05, 0.1) is 13.2 Å². The Kier molecular flexibility index (Phi) is 3.29. The highest BCUT2D eigenvalue weighted by Gasteiger charge is 2.34. The molecule has 2 N–H and O–H groups in total. The first kappa shape index (κ1) is 15.1. The Labute approximate surface area is 148 Å². The van der Waals surface area contributed by atoms with Crippen LogP contribution in [0.5, 0.6) is 0 Å². The number of carbonyl (C=O) groups is 1. The summed E-state index contributed by atoms with van der Waals surface area (Å²) in [5.41, 5.74) is 5.61. The summed E-state index contributed by atoms with van der Waals surface area (Å²) in [6.45, 7) is 0. The lowest BCUT2D eigenvalue weighted by molar-refractivity contribution is -0.143. The lowest BCUT2D eigenvalue weighted by Gasteiger charge is -2.30. The van der Waals surface area contributed by atoms with E-state index in [2.05, 4.69) is 26.7 Å². The van der Waals surface area contributed by atoms with Gasteiger partial charge in [0.1, 0.15) is 17.1 Å². The number of ether oxygens (including phenoxy) is 1. The molecule has 1 aliphatic rings. The third kappa shape index (κ3) is 2.21. The monoisotopic (exact) mass is 348 g/mol. The molecule has 2 aromatic carbocycles. The fourth-order valence-corrected chi connectivity index (χ4v) is 3.77. The second-order valence-corrected chi connectivity index (χ2v) is 6.45. The molecule has 0 radical (unpaired) electrons. The summed E-state index contributed by atoms with van der Waals surface area (Å²) in [5, 5.41) is 12.3. The van der Waals surface area contributed by atoms with Crippen molar-refractivity contribution in [2.24, 2.45) is 0 Å². The highest BCUT2D eigenvalue weighted by Crippen LogP contribution is 2.35. The SMILES string of the molecule is COC(=O)[C@H]1Cc2c([nH]c3ccccc23)[C@@H](c2ccc3nonc3c2)N1. The molecule has 4 aromatic rings. The summed E-state index contributed by atoms with van der Waals surface area (Å²) in [6.07, 6.45) is 0.580. The van der Waals surface area contributed by atoms with Crippen molar-refractivity contribution in [1.82, 2.24) is 20.6 Å². The molecule has 0 saturated carbocycles. The molecule has 3 heterocycles. The number of H-pyrrole nitrogens is 1. The molecule has 0 spiro atoms. The predicted octanol–water partition coefficient (Wildman–Crippen LogP) is 2.48. The molecule has 26 heavy (non-hydrogen) atoms. The van der Waals surface area contributed by atoms with E-state index in [1.54, 1.807) is 0 Å². The summed E-state index contributed by atoms with van der Waals surface area (Å²) in [4.78, 5) is 15.8. The van der Waals surface area contributed by atoms with Crippen LogP contribution in [-0.4, -0.2) is 34.4 Å². The van der Waals surface area contributed by atoms with Crippen molar-refractivity contribution in [3.8, 4) is 0 Å². The first-order valence-corrected chi connectivity index (χ1v) is 8.40. The molecule has 0 fully saturated rings. The topological polar surface area (TPSA) is 93.0 Å². The number of nitrogens with zero attached hydrogens (tertiary/aromatic N) is 2. The van der Waals surface area contributed by atoms with Crippen molar-refractivity contribution < 1.29 is 14.2 Å². The van der Waals surface area contributed by atoms with Crippen LogP contribution in [-0.2, 0) is 16.0 Å². The number of methoxy groups -OCH3 is 1. The van der Waals surface area contributed by atoms with E-state index in [1.165, 1.54) is 7.11 Å². The quantitative estimate of drug-likeness (QED) is 0.541. The molecular weight excluding hydrogens is 332 g/mol. The van der Waals surface area contributed by atoms with E-state index in [0.717, 1.165) is 27.7 Å². The molecule has 0 aliphatic carbocycles. The van der Waals surface area contributed by atoms with Crippen LogP contribution >= 0.6 is 0 Å². The largest absolute Gasteiger partial charge is 0.468 e. The van der Waals surface area contributed by atoms with Crippen LogP contribution in [0.15, 0.2) is 47.1 Å². The first-order valence-electron chi connectivity index (χ1n) is 8.40. The maximum Gasteiger partial charge on any atom is 0.323 e. The summed E-state index contributed by atoms with van der Waals surface area (Å²) in [6, 6.07) is 13.3. The van der Waals surface area contributed by atoms with Gasteiger partial charge >= 0.3 is 5.97 Å². The summed E-state index contributed by atoms with van der Waals surface area (Å²) < 4.78 is 9.79. The van der Waals surface area contributed by atoms with Gasteiger partial charge in [-0.1, -0.05) is 24.3 Å². The van der Waals surface area contributed by atoms with Gasteiger partial charge in [0.15, 0.2) is 0 Å². The second-order valence-electron chi connectivity index (χ2n) is 6.45. The average molecular weight is 348 g/mol. The molecule has 5 rings (SSSR count). The number of para-hydroxylation sites is 1. The number of esters is 1. The van der Waals surface area contributed by atoms with Crippen LogP contribution < -0.4 is 5.32 Å². The Hall–Kier alpha value is -3.19. The number of hydrogen-bond donors (Lipinski definition) is 2. The molecule has 2 aromatic heterocycles. The summed E-state index contributed by atoms with van der Waals surface area (Å²) >= 11 is 0. The van der Waals surface area contributed by atoms with Crippen molar-refractivity contribution in [3.63, 3.8) is 0 Å². The number of aromatic nitrogens is 3. The van der Waals surface area contributed by atoms with Crippen molar-refractivity contribution >= 4 is 27.9 Å². The number of benzene rings is 2. The maximum atomic E-state index is 12.3. The van der Waals surface area contributed by atoms with Crippen LogP contribution in [0.25, 0.3) is 21.9 Å². The number of carbonyl (C=O) groups excluding carboxylic acids is 1. The van der Waals surface area contributed by atoms with Gasteiger partial charge in [-0.05, 0) is 39.6 Å². The van der Waals surface area contributed by atoms with Gasteiger partial charge in [0.25, 0.3) is 0 Å². The zero-order valence-electron chi connectivity index (χ0n) is 14.0. The number of rotatable bonds is 2. The molecule has 0 amide bonds. The van der Waals surface area contributed by atoms with E-state index in [4.69, 9.17) is 9.37 Å². The van der Waals surface area contributed by atoms with Gasteiger partial charge in [-0.2, -0.15) is 0 Å². The Morgan fingerprint density at radius 1 is 1.19 bits per heavy atom. The van der Waals surface area contributed by atoms with Gasteiger partial charge in [0, 0.05) is 23.0 Å². The molecule has 130 valence electrons. The molecule has 0 bridgehead atoms. The van der Waals surface area contributed by atoms with E-state index >= 15 is 0 Å². The maximum absolute atomic E-state index is 12.3. The van der Waals surface area contributed by atoms with E-state index in [9.17, 15) is 4.79 Å². The van der Waals surface area contributed by atoms with E-state index < -0.39 is 6.04 Å². The number of nitrogens with one attached hydrogen (secondary N) is 2. The van der Waals surface area contributed by atoms with Gasteiger partial charge in [-0.15, -0.1) is 0 Å². The van der Waals surface area contributed by atoms with Crippen molar-refractivity contribution in [1.29, 1.82) is 0 Å². The van der Waals surface area contributed by atoms with E-state index in [0.29, 0.717) is 17.5 Å². The first-order chi connectivity index (χ1) is 12.7. The fraction of sp³-hybridized carbons (Fsp3) is 0.211. The predicted molar refractivity (Wildman–Crippen MR) is 94.6 cm³/mol.